The van der Waals surface area contributed by atoms with E-state index in [1.165, 1.54) is 0 Å². The number of nitrogens with one attached hydrogen (secondary N) is 1. The molecule has 0 saturated carbocycles. The SMILES string of the molecule is C[C@H]([NH2+]CC(=O)N[C@H](C)c1ccccc1Br)c1ccc(Cl)cc1. The van der Waals surface area contributed by atoms with Gasteiger partial charge in [-0.05, 0) is 37.6 Å². The summed E-state index contributed by atoms with van der Waals surface area (Å²) in [6, 6.07) is 15.8. The largest absolute Gasteiger partial charge is 0.345 e. The molecule has 5 heteroatoms. The minimum atomic E-state index is -0.0303. The van der Waals surface area contributed by atoms with Crippen LogP contribution in [0.4, 0.5) is 0 Å². The van der Waals surface area contributed by atoms with E-state index in [1.54, 1.807) is 0 Å². The Morgan fingerprint density at radius 1 is 1.17 bits per heavy atom. The first-order valence-corrected chi connectivity index (χ1v) is 8.77. The van der Waals surface area contributed by atoms with Crippen molar-refractivity contribution in [3.8, 4) is 0 Å². The van der Waals surface area contributed by atoms with Gasteiger partial charge in [-0.3, -0.25) is 4.79 Å². The van der Waals surface area contributed by atoms with E-state index in [4.69, 9.17) is 11.6 Å². The van der Waals surface area contributed by atoms with Gasteiger partial charge in [0, 0.05) is 15.1 Å². The third-order valence-corrected chi connectivity index (χ3v) is 4.78. The van der Waals surface area contributed by atoms with Crippen molar-refractivity contribution in [1.82, 2.24) is 5.32 Å². The quantitative estimate of drug-likeness (QED) is 0.770. The predicted octanol–water partition coefficient (Wildman–Crippen LogP) is 3.60. The maximum absolute atomic E-state index is 12.1. The van der Waals surface area contributed by atoms with E-state index in [-0.39, 0.29) is 18.0 Å². The molecule has 0 bridgehead atoms. The zero-order valence-electron chi connectivity index (χ0n) is 13.2. The summed E-state index contributed by atoms with van der Waals surface area (Å²) in [5.74, 6) is 0.0223. The van der Waals surface area contributed by atoms with Crippen LogP contribution in [0.15, 0.2) is 53.0 Å². The van der Waals surface area contributed by atoms with Crippen LogP contribution in [-0.4, -0.2) is 12.5 Å². The third kappa shape index (κ3) is 5.34. The summed E-state index contributed by atoms with van der Waals surface area (Å²) in [5, 5.41) is 5.77. The Bertz CT molecular complexity index is 660. The van der Waals surface area contributed by atoms with Gasteiger partial charge in [0.1, 0.15) is 6.04 Å². The molecule has 23 heavy (non-hydrogen) atoms. The van der Waals surface area contributed by atoms with E-state index in [9.17, 15) is 4.79 Å². The highest BCUT2D eigenvalue weighted by molar-refractivity contribution is 9.10. The highest BCUT2D eigenvalue weighted by Crippen LogP contribution is 2.22. The Hall–Kier alpha value is -1.36. The fraction of sp³-hybridized carbons (Fsp3) is 0.278. The van der Waals surface area contributed by atoms with Gasteiger partial charge in [-0.1, -0.05) is 57.9 Å². The van der Waals surface area contributed by atoms with Crippen LogP contribution in [0.3, 0.4) is 0 Å². The van der Waals surface area contributed by atoms with Crippen molar-refractivity contribution in [3.05, 3.63) is 69.2 Å². The molecule has 0 unspecified atom stereocenters. The van der Waals surface area contributed by atoms with Gasteiger partial charge < -0.3 is 10.6 Å². The van der Waals surface area contributed by atoms with Crippen molar-refractivity contribution >= 4 is 33.4 Å². The number of halogens is 2. The number of quaternary nitrogens is 1. The van der Waals surface area contributed by atoms with E-state index in [0.717, 1.165) is 20.6 Å². The molecule has 0 saturated heterocycles. The van der Waals surface area contributed by atoms with Crippen LogP contribution in [0.1, 0.15) is 37.1 Å². The molecule has 2 rings (SSSR count). The molecule has 3 nitrogen and oxygen atoms in total. The summed E-state index contributed by atoms with van der Waals surface area (Å²) in [6.07, 6.45) is 0. The van der Waals surface area contributed by atoms with E-state index in [1.807, 2.05) is 60.8 Å². The third-order valence-electron chi connectivity index (χ3n) is 3.80. The molecule has 2 atom stereocenters. The van der Waals surface area contributed by atoms with Crippen molar-refractivity contribution in [2.75, 3.05) is 6.54 Å². The Morgan fingerprint density at radius 2 is 1.83 bits per heavy atom. The van der Waals surface area contributed by atoms with Crippen LogP contribution in [-0.2, 0) is 4.79 Å². The Morgan fingerprint density at radius 3 is 2.48 bits per heavy atom. The van der Waals surface area contributed by atoms with Gasteiger partial charge in [-0.2, -0.15) is 0 Å². The van der Waals surface area contributed by atoms with Crippen LogP contribution in [0.5, 0.6) is 0 Å². The molecule has 0 fully saturated rings. The van der Waals surface area contributed by atoms with Gasteiger partial charge in [0.15, 0.2) is 6.54 Å². The number of carbonyl (C=O) groups excluding carboxylic acids is 1. The number of nitrogens with two attached hydrogens (primary N) is 1. The molecule has 1 amide bonds. The highest BCUT2D eigenvalue weighted by atomic mass is 79.9. The first-order chi connectivity index (χ1) is 11.0. The number of amides is 1. The van der Waals surface area contributed by atoms with Gasteiger partial charge in [0.05, 0.1) is 6.04 Å². The molecule has 0 aliphatic heterocycles. The first kappa shape index (κ1) is 18.0. The van der Waals surface area contributed by atoms with Gasteiger partial charge in [-0.15, -0.1) is 0 Å². The number of rotatable bonds is 6. The first-order valence-electron chi connectivity index (χ1n) is 7.60. The molecular formula is C18H21BrClN2O+. The molecule has 0 spiro atoms. The summed E-state index contributed by atoms with van der Waals surface area (Å²) in [5.41, 5.74) is 2.23. The summed E-state index contributed by atoms with van der Waals surface area (Å²) >= 11 is 9.41. The topological polar surface area (TPSA) is 45.7 Å². The molecule has 3 N–H and O–H groups in total. The summed E-state index contributed by atoms with van der Waals surface area (Å²) in [6.45, 7) is 4.45. The average molecular weight is 397 g/mol. The minimum absolute atomic E-state index is 0.0223. The molecule has 0 aliphatic carbocycles. The second-order valence-electron chi connectivity index (χ2n) is 5.59. The lowest BCUT2D eigenvalue weighted by Crippen LogP contribution is -2.87. The lowest BCUT2D eigenvalue weighted by molar-refractivity contribution is -0.682. The zero-order valence-corrected chi connectivity index (χ0v) is 15.6. The zero-order chi connectivity index (χ0) is 16.8. The van der Waals surface area contributed by atoms with Crippen molar-refractivity contribution < 1.29 is 10.1 Å². The Balaban J connectivity index is 1.85. The summed E-state index contributed by atoms with van der Waals surface area (Å²) in [7, 11) is 0. The summed E-state index contributed by atoms with van der Waals surface area (Å²) in [4.78, 5) is 12.1. The van der Waals surface area contributed by atoms with Gasteiger partial charge >= 0.3 is 0 Å². The van der Waals surface area contributed by atoms with Crippen LogP contribution >= 0.6 is 27.5 Å². The number of hydrogen-bond donors (Lipinski definition) is 2. The van der Waals surface area contributed by atoms with Crippen molar-refractivity contribution in [3.63, 3.8) is 0 Å². The molecule has 2 aromatic carbocycles. The van der Waals surface area contributed by atoms with E-state index in [0.29, 0.717) is 6.54 Å². The standard InChI is InChI=1S/C18H20BrClN2O/c1-12(14-7-9-15(20)10-8-14)21-11-18(23)22-13(2)16-5-3-4-6-17(16)19/h3-10,12-13,21H,11H2,1-2H3,(H,22,23)/p+1/t12-,13+/m0/s1. The molecule has 0 radical (unpaired) electrons. The van der Waals surface area contributed by atoms with Crippen molar-refractivity contribution in [2.24, 2.45) is 0 Å². The number of hydrogen-bond acceptors (Lipinski definition) is 1. The number of carbonyl (C=O) groups is 1. The van der Waals surface area contributed by atoms with E-state index >= 15 is 0 Å². The lowest BCUT2D eigenvalue weighted by Gasteiger charge is -2.16. The van der Waals surface area contributed by atoms with Gasteiger partial charge in [-0.25, -0.2) is 0 Å². The van der Waals surface area contributed by atoms with E-state index < -0.39 is 0 Å². The van der Waals surface area contributed by atoms with E-state index in [2.05, 4.69) is 28.2 Å². The van der Waals surface area contributed by atoms with Crippen molar-refractivity contribution in [1.29, 1.82) is 0 Å². The number of benzene rings is 2. The normalized spacial score (nSPS) is 13.4. The van der Waals surface area contributed by atoms with Crippen LogP contribution < -0.4 is 10.6 Å². The molecule has 2 aromatic rings. The Kier molecular flexibility index (Phi) is 6.63. The fourth-order valence-electron chi connectivity index (χ4n) is 2.39. The molecular weight excluding hydrogens is 376 g/mol. The molecule has 0 aliphatic rings. The monoisotopic (exact) mass is 395 g/mol. The fourth-order valence-corrected chi connectivity index (χ4v) is 3.14. The van der Waals surface area contributed by atoms with Crippen LogP contribution in [0, 0.1) is 0 Å². The molecule has 0 heterocycles. The smallest absolute Gasteiger partial charge is 0.275 e. The minimum Gasteiger partial charge on any atom is -0.345 e. The lowest BCUT2D eigenvalue weighted by atomic mass is 10.1. The summed E-state index contributed by atoms with van der Waals surface area (Å²) < 4.78 is 1.01. The Labute approximate surface area is 150 Å². The van der Waals surface area contributed by atoms with Gasteiger partial charge in [0.25, 0.3) is 5.91 Å². The van der Waals surface area contributed by atoms with Gasteiger partial charge in [0.2, 0.25) is 0 Å². The van der Waals surface area contributed by atoms with Crippen molar-refractivity contribution in [2.45, 2.75) is 25.9 Å². The molecule has 122 valence electrons. The second-order valence-corrected chi connectivity index (χ2v) is 6.88. The van der Waals surface area contributed by atoms with Crippen LogP contribution in [0.2, 0.25) is 5.02 Å². The molecule has 0 aromatic heterocycles. The average Bonchev–Trinajstić information content (AvgIpc) is 2.53. The second kappa shape index (κ2) is 8.48. The maximum atomic E-state index is 12.1. The predicted molar refractivity (Wildman–Crippen MR) is 97.4 cm³/mol. The maximum Gasteiger partial charge on any atom is 0.275 e. The highest BCUT2D eigenvalue weighted by Gasteiger charge is 2.15. The van der Waals surface area contributed by atoms with Crippen LogP contribution in [0.25, 0.3) is 0 Å².